The molecule has 2 aromatic carbocycles. The van der Waals surface area contributed by atoms with Gasteiger partial charge in [0, 0.05) is 34.4 Å². The number of fused-ring (bicyclic) bond motifs is 1. The predicted molar refractivity (Wildman–Crippen MR) is 137 cm³/mol. The molecule has 2 N–H and O–H groups in total. The molecule has 1 fully saturated rings. The number of hydrogen-bond donors (Lipinski definition) is 2. The number of amides is 1. The van der Waals surface area contributed by atoms with E-state index in [2.05, 4.69) is 9.97 Å². The number of carbonyl (C=O) groups excluding carboxylic acids is 2. The molecule has 1 amide bonds. The molecule has 0 spiro atoms. The number of hydrogen-bond acceptors (Lipinski definition) is 5. The summed E-state index contributed by atoms with van der Waals surface area (Å²) in [5.74, 6) is -0.776. The van der Waals surface area contributed by atoms with Crippen LogP contribution in [0.15, 0.2) is 78.6 Å². The van der Waals surface area contributed by atoms with Crippen molar-refractivity contribution in [3.8, 4) is 5.75 Å². The summed E-state index contributed by atoms with van der Waals surface area (Å²) in [6.45, 7) is 4.19. The molecule has 1 aliphatic rings. The Kier molecular flexibility index (Phi) is 6.06. The molecule has 4 aromatic rings. The maximum absolute atomic E-state index is 13.4. The minimum atomic E-state index is -0.784. The molecule has 1 aliphatic heterocycles. The summed E-state index contributed by atoms with van der Waals surface area (Å²) < 4.78 is 5.48. The van der Waals surface area contributed by atoms with Crippen molar-refractivity contribution in [1.82, 2.24) is 14.9 Å². The quantitative estimate of drug-likeness (QED) is 0.221. The third-order valence-electron chi connectivity index (χ3n) is 6.64. The number of nitrogens with one attached hydrogen (secondary N) is 1. The molecule has 5 rings (SSSR count). The first-order valence-corrected chi connectivity index (χ1v) is 11.8. The number of pyridine rings is 1. The molecule has 1 saturated heterocycles. The minimum absolute atomic E-state index is 0.0561. The van der Waals surface area contributed by atoms with E-state index >= 15 is 0 Å². The van der Waals surface area contributed by atoms with Crippen molar-refractivity contribution < 1.29 is 19.4 Å². The number of H-pyrrole nitrogens is 1. The number of Topliss-reactive ketones (excluding diaryl/α,β-unsaturated/α-hetero) is 1. The maximum atomic E-state index is 13.4. The molecule has 7 nitrogen and oxygen atoms in total. The van der Waals surface area contributed by atoms with Crippen LogP contribution in [0.2, 0.25) is 0 Å². The normalized spacial score (nSPS) is 17.3. The first-order valence-electron chi connectivity index (χ1n) is 11.8. The van der Waals surface area contributed by atoms with E-state index in [0.29, 0.717) is 17.0 Å². The van der Waals surface area contributed by atoms with Crippen LogP contribution in [0.1, 0.15) is 48.2 Å². The number of aliphatic hydroxyl groups excluding tert-OH is 1. The maximum Gasteiger partial charge on any atom is 0.296 e. The molecule has 0 aliphatic carbocycles. The van der Waals surface area contributed by atoms with Gasteiger partial charge in [-0.25, -0.2) is 0 Å². The summed E-state index contributed by atoms with van der Waals surface area (Å²) >= 11 is 0. The topological polar surface area (TPSA) is 95.5 Å². The van der Waals surface area contributed by atoms with Gasteiger partial charge in [-0.1, -0.05) is 38.1 Å². The number of ketones is 1. The Hall–Kier alpha value is -4.39. The molecule has 36 heavy (non-hydrogen) atoms. The lowest BCUT2D eigenvalue weighted by molar-refractivity contribution is -0.140. The van der Waals surface area contributed by atoms with Crippen molar-refractivity contribution in [2.45, 2.75) is 32.4 Å². The number of nitrogens with zero attached hydrogens (tertiary/aromatic N) is 2. The molecule has 7 heteroatoms. The van der Waals surface area contributed by atoms with Crippen LogP contribution in [0.3, 0.4) is 0 Å². The van der Waals surface area contributed by atoms with Gasteiger partial charge in [0.1, 0.15) is 11.5 Å². The van der Waals surface area contributed by atoms with Gasteiger partial charge in [-0.15, -0.1) is 0 Å². The number of carbonyl (C=O) groups is 2. The average molecular weight is 482 g/mol. The summed E-state index contributed by atoms with van der Waals surface area (Å²) in [6.07, 6.45) is 3.45. The van der Waals surface area contributed by atoms with Crippen molar-refractivity contribution in [2.75, 3.05) is 7.11 Å². The Bertz CT molecular complexity index is 1490. The summed E-state index contributed by atoms with van der Waals surface area (Å²) in [4.78, 5) is 35.9. The Morgan fingerprint density at radius 1 is 1.11 bits per heavy atom. The van der Waals surface area contributed by atoms with Crippen LogP contribution in [-0.2, 0) is 16.1 Å². The summed E-state index contributed by atoms with van der Waals surface area (Å²) in [5, 5.41) is 12.4. The van der Waals surface area contributed by atoms with E-state index < -0.39 is 17.7 Å². The van der Waals surface area contributed by atoms with Crippen LogP contribution in [0.4, 0.5) is 0 Å². The molecule has 3 heterocycles. The van der Waals surface area contributed by atoms with Crippen molar-refractivity contribution in [2.24, 2.45) is 0 Å². The molecule has 1 atom stereocenters. The third-order valence-corrected chi connectivity index (χ3v) is 6.64. The van der Waals surface area contributed by atoms with Crippen molar-refractivity contribution in [1.29, 1.82) is 0 Å². The van der Waals surface area contributed by atoms with Gasteiger partial charge < -0.3 is 19.7 Å². The molecule has 1 unspecified atom stereocenters. The zero-order valence-corrected chi connectivity index (χ0v) is 20.4. The van der Waals surface area contributed by atoms with Gasteiger partial charge in [0.05, 0.1) is 31.0 Å². The van der Waals surface area contributed by atoms with E-state index in [0.717, 1.165) is 22.0 Å². The van der Waals surface area contributed by atoms with Gasteiger partial charge in [0.2, 0.25) is 0 Å². The van der Waals surface area contributed by atoms with Crippen molar-refractivity contribution in [3.05, 3.63) is 101 Å². The number of methoxy groups -OCH3 is 1. The molecule has 0 saturated carbocycles. The lowest BCUT2D eigenvalue weighted by Gasteiger charge is -2.24. The zero-order valence-electron chi connectivity index (χ0n) is 20.4. The third kappa shape index (κ3) is 3.92. The van der Waals surface area contributed by atoms with Gasteiger partial charge in [0.15, 0.2) is 0 Å². The van der Waals surface area contributed by atoms with Gasteiger partial charge in [0.25, 0.3) is 11.7 Å². The number of aromatic nitrogens is 2. The highest BCUT2D eigenvalue weighted by atomic mass is 16.5. The van der Waals surface area contributed by atoms with Gasteiger partial charge in [-0.3, -0.25) is 14.6 Å². The largest absolute Gasteiger partial charge is 0.507 e. The summed E-state index contributed by atoms with van der Waals surface area (Å²) in [5.41, 5.74) is 3.67. The first kappa shape index (κ1) is 23.4. The molecule has 182 valence electrons. The fourth-order valence-corrected chi connectivity index (χ4v) is 4.84. The van der Waals surface area contributed by atoms with E-state index in [1.54, 1.807) is 37.7 Å². The summed E-state index contributed by atoms with van der Waals surface area (Å²) in [7, 11) is 1.60. The smallest absolute Gasteiger partial charge is 0.296 e. The van der Waals surface area contributed by atoms with Gasteiger partial charge in [-0.05, 0) is 47.9 Å². The molecule has 0 radical (unpaired) electrons. The SMILES string of the molecule is COc1ccc(/C(O)=C2\C(=O)C(=O)N(Cc3ccccn3)C2c2c[nH]c3ccccc23)cc1C(C)C. The van der Waals surface area contributed by atoms with E-state index in [1.807, 2.05) is 56.3 Å². The monoisotopic (exact) mass is 481 g/mol. The lowest BCUT2D eigenvalue weighted by Crippen LogP contribution is -2.29. The second-order valence-electron chi connectivity index (χ2n) is 9.15. The predicted octanol–water partition coefficient (Wildman–Crippen LogP) is 5.32. The van der Waals surface area contributed by atoms with Crippen LogP contribution >= 0.6 is 0 Å². The highest BCUT2D eigenvalue weighted by Gasteiger charge is 2.47. The van der Waals surface area contributed by atoms with E-state index in [1.165, 1.54) is 4.90 Å². The number of likely N-dealkylation sites (tertiary alicyclic amines) is 1. The van der Waals surface area contributed by atoms with Crippen molar-refractivity contribution in [3.63, 3.8) is 0 Å². The number of aromatic amines is 1. The second-order valence-corrected chi connectivity index (χ2v) is 9.15. The van der Waals surface area contributed by atoms with Crippen LogP contribution in [-0.4, -0.2) is 38.8 Å². The molecular weight excluding hydrogens is 454 g/mol. The first-order chi connectivity index (χ1) is 17.4. The second kappa shape index (κ2) is 9.34. The number of rotatable bonds is 6. The molecular formula is C29H27N3O4. The fourth-order valence-electron chi connectivity index (χ4n) is 4.84. The molecule has 2 aromatic heterocycles. The van der Waals surface area contributed by atoms with Crippen molar-refractivity contribution >= 4 is 28.4 Å². The van der Waals surface area contributed by atoms with E-state index in [-0.39, 0.29) is 23.8 Å². The average Bonchev–Trinajstić information content (AvgIpc) is 3.42. The zero-order chi connectivity index (χ0) is 25.4. The number of para-hydroxylation sites is 1. The van der Waals surface area contributed by atoms with E-state index in [9.17, 15) is 14.7 Å². The van der Waals surface area contributed by atoms with Gasteiger partial charge in [-0.2, -0.15) is 0 Å². The summed E-state index contributed by atoms with van der Waals surface area (Å²) in [6, 6.07) is 17.6. The standard InChI is InChI=1S/C29H27N3O4/c1-17(2)21-14-18(11-12-24(21)36-3)27(33)25-26(22-15-31-23-10-5-4-9-20(22)23)32(29(35)28(25)34)16-19-8-6-7-13-30-19/h4-15,17,26,31,33H,16H2,1-3H3/b27-25+. The van der Waals surface area contributed by atoms with Crippen LogP contribution in [0.5, 0.6) is 5.75 Å². The minimum Gasteiger partial charge on any atom is -0.507 e. The van der Waals surface area contributed by atoms with Gasteiger partial charge >= 0.3 is 0 Å². The number of benzene rings is 2. The van der Waals surface area contributed by atoms with Crippen LogP contribution < -0.4 is 4.74 Å². The highest BCUT2D eigenvalue weighted by Crippen LogP contribution is 2.43. The molecule has 0 bridgehead atoms. The Balaban J connectivity index is 1.71. The highest BCUT2D eigenvalue weighted by molar-refractivity contribution is 6.46. The Labute approximate surface area is 209 Å². The van der Waals surface area contributed by atoms with Crippen LogP contribution in [0, 0.1) is 0 Å². The Morgan fingerprint density at radius 3 is 2.61 bits per heavy atom. The number of aliphatic hydroxyl groups is 1. The number of ether oxygens (including phenoxy) is 1. The Morgan fingerprint density at radius 2 is 1.89 bits per heavy atom. The lowest BCUT2D eigenvalue weighted by atomic mass is 9.93. The fraction of sp³-hybridized carbons (Fsp3) is 0.207. The van der Waals surface area contributed by atoms with Crippen LogP contribution in [0.25, 0.3) is 16.7 Å². The van der Waals surface area contributed by atoms with E-state index in [4.69, 9.17) is 4.74 Å².